The van der Waals surface area contributed by atoms with E-state index in [0.717, 1.165) is 12.8 Å². The van der Waals surface area contributed by atoms with Gasteiger partial charge in [0.15, 0.2) is 9.84 Å². The second-order valence-electron chi connectivity index (χ2n) is 2.47. The SMILES string of the molecule is CCCCCS(=O)(=O)C(Br)(Br)Br. The molecule has 0 aromatic carbocycles. The van der Waals surface area contributed by atoms with Crippen LogP contribution in [0, 0.1) is 0 Å². The zero-order valence-electron chi connectivity index (χ0n) is 6.69. The molecule has 12 heavy (non-hydrogen) atoms. The van der Waals surface area contributed by atoms with Crippen LogP contribution in [0.1, 0.15) is 26.2 Å². The van der Waals surface area contributed by atoms with Crippen LogP contribution in [-0.2, 0) is 9.84 Å². The lowest BCUT2D eigenvalue weighted by molar-refractivity contribution is 0.593. The fraction of sp³-hybridized carbons (Fsp3) is 1.00. The number of alkyl halides is 3. The van der Waals surface area contributed by atoms with E-state index in [-0.39, 0.29) is 5.75 Å². The zero-order chi connectivity index (χ0) is 9.83. The zero-order valence-corrected chi connectivity index (χ0v) is 12.3. The summed E-state index contributed by atoms with van der Waals surface area (Å²) in [6.07, 6.45) is 2.68. The van der Waals surface area contributed by atoms with Gasteiger partial charge in [0, 0.05) is 0 Å². The van der Waals surface area contributed by atoms with Gasteiger partial charge in [-0.15, -0.1) is 0 Å². The molecule has 0 aromatic heterocycles. The average molecular weight is 387 g/mol. The number of hydrogen-bond donors (Lipinski definition) is 0. The van der Waals surface area contributed by atoms with E-state index in [1.165, 1.54) is 0 Å². The molecule has 0 heterocycles. The van der Waals surface area contributed by atoms with Crippen molar-refractivity contribution in [1.29, 1.82) is 0 Å². The lowest BCUT2D eigenvalue weighted by Crippen LogP contribution is -2.21. The summed E-state index contributed by atoms with van der Waals surface area (Å²) in [5, 5.41) is 0. The minimum atomic E-state index is -3.12. The minimum Gasteiger partial charge on any atom is -0.226 e. The molecule has 0 aliphatic rings. The number of sulfone groups is 1. The summed E-state index contributed by atoms with van der Waals surface area (Å²) in [6, 6.07) is 0. The van der Waals surface area contributed by atoms with Gasteiger partial charge in [-0.25, -0.2) is 8.42 Å². The van der Waals surface area contributed by atoms with Crippen molar-refractivity contribution in [2.24, 2.45) is 0 Å². The first kappa shape index (κ1) is 13.4. The summed E-state index contributed by atoms with van der Waals surface area (Å²) in [4.78, 5) is 0. The van der Waals surface area contributed by atoms with E-state index in [0.29, 0.717) is 6.42 Å². The monoisotopic (exact) mass is 384 g/mol. The van der Waals surface area contributed by atoms with Crippen LogP contribution < -0.4 is 0 Å². The average Bonchev–Trinajstić information content (AvgIpc) is 1.85. The molecule has 0 bridgehead atoms. The van der Waals surface area contributed by atoms with Crippen molar-refractivity contribution in [3.8, 4) is 0 Å². The van der Waals surface area contributed by atoms with Crippen LogP contribution in [0.5, 0.6) is 0 Å². The third-order valence-electron chi connectivity index (χ3n) is 1.37. The molecule has 2 nitrogen and oxygen atoms in total. The summed E-state index contributed by atoms with van der Waals surface area (Å²) >= 11 is 8.99. The molecule has 0 aliphatic carbocycles. The van der Waals surface area contributed by atoms with Crippen molar-refractivity contribution >= 4 is 57.6 Å². The first-order valence-electron chi connectivity index (χ1n) is 3.60. The van der Waals surface area contributed by atoms with Gasteiger partial charge in [0.2, 0.25) is 1.47 Å². The Morgan fingerprint density at radius 1 is 1.17 bits per heavy atom. The van der Waals surface area contributed by atoms with Crippen molar-refractivity contribution < 1.29 is 8.42 Å². The molecule has 0 radical (unpaired) electrons. The number of hydrogen-bond acceptors (Lipinski definition) is 2. The number of halogens is 3. The lowest BCUT2D eigenvalue weighted by atomic mass is 10.3. The van der Waals surface area contributed by atoms with Gasteiger partial charge in [0.1, 0.15) is 0 Å². The molecule has 0 unspecified atom stereocenters. The van der Waals surface area contributed by atoms with Gasteiger partial charge in [-0.2, -0.15) is 0 Å². The fourth-order valence-electron chi connectivity index (χ4n) is 0.658. The highest BCUT2D eigenvalue weighted by molar-refractivity contribution is 9.42. The van der Waals surface area contributed by atoms with E-state index in [1.807, 2.05) is 6.92 Å². The molecule has 0 spiro atoms. The van der Waals surface area contributed by atoms with Gasteiger partial charge in [-0.3, -0.25) is 0 Å². The van der Waals surface area contributed by atoms with Crippen molar-refractivity contribution in [2.75, 3.05) is 5.75 Å². The summed E-state index contributed by atoms with van der Waals surface area (Å²) in [6.45, 7) is 2.04. The molecule has 0 aromatic rings. The van der Waals surface area contributed by atoms with E-state index in [1.54, 1.807) is 0 Å². The fourth-order valence-corrected chi connectivity index (χ4v) is 2.93. The third-order valence-corrected chi connectivity index (χ3v) is 7.34. The van der Waals surface area contributed by atoms with Crippen LogP contribution in [0.15, 0.2) is 0 Å². The molecular weight excluding hydrogens is 376 g/mol. The first-order chi connectivity index (χ1) is 5.31. The Morgan fingerprint density at radius 3 is 2.00 bits per heavy atom. The quantitative estimate of drug-likeness (QED) is 0.548. The molecule has 0 N–H and O–H groups in total. The predicted molar refractivity (Wildman–Crippen MR) is 62.8 cm³/mol. The second-order valence-corrected chi connectivity index (χ2v) is 13.1. The van der Waals surface area contributed by atoms with E-state index < -0.39 is 11.3 Å². The van der Waals surface area contributed by atoms with Gasteiger partial charge in [-0.1, -0.05) is 19.8 Å². The summed E-state index contributed by atoms with van der Waals surface area (Å²) in [5.41, 5.74) is 0. The Labute approximate surface area is 98.8 Å². The Kier molecular flexibility index (Phi) is 5.93. The number of unbranched alkanes of at least 4 members (excludes halogenated alkanes) is 2. The highest BCUT2D eigenvalue weighted by Gasteiger charge is 2.34. The van der Waals surface area contributed by atoms with E-state index in [2.05, 4.69) is 47.8 Å². The van der Waals surface area contributed by atoms with Crippen molar-refractivity contribution in [3.63, 3.8) is 0 Å². The largest absolute Gasteiger partial charge is 0.234 e. The van der Waals surface area contributed by atoms with Crippen LogP contribution in [-0.4, -0.2) is 15.6 Å². The van der Waals surface area contributed by atoms with Crippen molar-refractivity contribution in [2.45, 2.75) is 27.7 Å². The standard InChI is InChI=1S/C6H11Br3O2S/c1-2-3-4-5-12(10,11)6(7,8)9/h2-5H2,1H3. The maximum Gasteiger partial charge on any atom is 0.234 e. The van der Waals surface area contributed by atoms with Gasteiger partial charge in [-0.05, 0) is 54.2 Å². The molecule has 0 saturated carbocycles. The smallest absolute Gasteiger partial charge is 0.226 e. The Morgan fingerprint density at radius 2 is 1.67 bits per heavy atom. The molecule has 0 atom stereocenters. The predicted octanol–water partition coefficient (Wildman–Crippen LogP) is 3.39. The minimum absolute atomic E-state index is 0.197. The van der Waals surface area contributed by atoms with Crippen LogP contribution in [0.25, 0.3) is 0 Å². The maximum absolute atomic E-state index is 11.4. The highest BCUT2D eigenvalue weighted by atomic mass is 80.0. The van der Waals surface area contributed by atoms with Gasteiger partial charge >= 0.3 is 0 Å². The molecular formula is C6H11Br3O2S. The van der Waals surface area contributed by atoms with Gasteiger partial charge in [0.25, 0.3) is 0 Å². The molecule has 0 fully saturated rings. The normalized spacial score (nSPS) is 13.3. The third kappa shape index (κ3) is 4.58. The molecule has 0 rings (SSSR count). The summed E-state index contributed by atoms with van der Waals surface area (Å²) in [7, 11) is -3.12. The van der Waals surface area contributed by atoms with Crippen LogP contribution in [0.4, 0.5) is 0 Å². The van der Waals surface area contributed by atoms with Crippen molar-refractivity contribution in [3.05, 3.63) is 0 Å². The Balaban J connectivity index is 4.08. The van der Waals surface area contributed by atoms with E-state index >= 15 is 0 Å². The molecule has 6 heteroatoms. The highest BCUT2D eigenvalue weighted by Crippen LogP contribution is 2.40. The van der Waals surface area contributed by atoms with Crippen LogP contribution in [0.2, 0.25) is 0 Å². The van der Waals surface area contributed by atoms with Crippen LogP contribution >= 0.6 is 47.8 Å². The molecule has 74 valence electrons. The molecule has 0 aliphatic heterocycles. The Bertz CT molecular complexity index is 217. The van der Waals surface area contributed by atoms with Gasteiger partial charge < -0.3 is 0 Å². The molecule has 0 saturated heterocycles. The Hall–Kier alpha value is 1.39. The number of rotatable bonds is 4. The summed E-state index contributed by atoms with van der Waals surface area (Å²) in [5.74, 6) is 0.197. The maximum atomic E-state index is 11.4. The van der Waals surface area contributed by atoms with E-state index in [9.17, 15) is 8.42 Å². The summed E-state index contributed by atoms with van der Waals surface area (Å²) < 4.78 is 21.6. The van der Waals surface area contributed by atoms with Crippen molar-refractivity contribution in [1.82, 2.24) is 0 Å². The van der Waals surface area contributed by atoms with Gasteiger partial charge in [0.05, 0.1) is 5.75 Å². The molecule has 0 amide bonds. The first-order valence-corrected chi connectivity index (χ1v) is 7.63. The second kappa shape index (κ2) is 5.32. The topological polar surface area (TPSA) is 34.1 Å². The van der Waals surface area contributed by atoms with Crippen LogP contribution in [0.3, 0.4) is 0 Å². The lowest BCUT2D eigenvalue weighted by Gasteiger charge is -2.12. The van der Waals surface area contributed by atoms with E-state index in [4.69, 9.17) is 0 Å².